The predicted molar refractivity (Wildman–Crippen MR) is 70.1 cm³/mol. The monoisotopic (exact) mass is 250 g/mol. The van der Waals surface area contributed by atoms with E-state index in [1.54, 1.807) is 11.3 Å². The number of thiazole rings is 1. The Morgan fingerprint density at radius 3 is 3.06 bits per heavy atom. The van der Waals surface area contributed by atoms with Crippen LogP contribution in [0.15, 0.2) is 11.4 Å². The van der Waals surface area contributed by atoms with Gasteiger partial charge in [-0.1, -0.05) is 6.92 Å². The molecule has 1 aliphatic carbocycles. The van der Waals surface area contributed by atoms with E-state index in [4.69, 9.17) is 10.7 Å². The van der Waals surface area contributed by atoms with Crippen LogP contribution in [0.2, 0.25) is 0 Å². The molecule has 0 fully saturated rings. The lowest BCUT2D eigenvalue weighted by Gasteiger charge is -2.09. The second kappa shape index (κ2) is 3.95. The van der Waals surface area contributed by atoms with Crippen LogP contribution in [0.1, 0.15) is 34.1 Å². The Kier molecular flexibility index (Phi) is 2.58. The van der Waals surface area contributed by atoms with Crippen molar-refractivity contribution in [2.75, 3.05) is 0 Å². The van der Waals surface area contributed by atoms with Gasteiger partial charge in [0.05, 0.1) is 11.7 Å². The average molecular weight is 250 g/mol. The first-order valence-electron chi connectivity index (χ1n) is 5.61. The molecule has 0 aliphatic heterocycles. The molecule has 2 N–H and O–H groups in total. The molecule has 0 bridgehead atoms. The van der Waals surface area contributed by atoms with E-state index in [1.807, 2.05) is 11.3 Å². The zero-order valence-electron chi connectivity index (χ0n) is 9.19. The molecule has 0 aromatic carbocycles. The van der Waals surface area contributed by atoms with E-state index in [-0.39, 0.29) is 6.04 Å². The fourth-order valence-electron chi connectivity index (χ4n) is 2.06. The van der Waals surface area contributed by atoms with Crippen molar-refractivity contribution in [3.8, 4) is 11.3 Å². The zero-order chi connectivity index (χ0) is 11.1. The highest BCUT2D eigenvalue weighted by Crippen LogP contribution is 2.39. The van der Waals surface area contributed by atoms with Crippen molar-refractivity contribution in [1.82, 2.24) is 4.98 Å². The van der Waals surface area contributed by atoms with Gasteiger partial charge in [-0.15, -0.1) is 22.7 Å². The number of rotatable bonds is 2. The zero-order valence-corrected chi connectivity index (χ0v) is 10.8. The summed E-state index contributed by atoms with van der Waals surface area (Å²) in [5.74, 6) is 0. The Hall–Kier alpha value is -0.710. The first kappa shape index (κ1) is 10.4. The smallest absolute Gasteiger partial charge is 0.110 e. The molecule has 2 aromatic rings. The minimum atomic E-state index is 0.109. The van der Waals surface area contributed by atoms with E-state index in [2.05, 4.69) is 18.4 Å². The molecule has 0 saturated carbocycles. The molecule has 0 spiro atoms. The summed E-state index contributed by atoms with van der Waals surface area (Å²) in [7, 11) is 0. The quantitative estimate of drug-likeness (QED) is 0.887. The molecule has 4 heteroatoms. The van der Waals surface area contributed by atoms with Crippen molar-refractivity contribution >= 4 is 22.7 Å². The molecular weight excluding hydrogens is 236 g/mol. The Balaban J connectivity index is 2.08. The van der Waals surface area contributed by atoms with Gasteiger partial charge in [0, 0.05) is 15.3 Å². The van der Waals surface area contributed by atoms with Crippen LogP contribution in [-0.2, 0) is 12.8 Å². The Labute approximate surface area is 103 Å². The highest BCUT2D eigenvalue weighted by Gasteiger charge is 2.22. The van der Waals surface area contributed by atoms with E-state index in [9.17, 15) is 0 Å². The topological polar surface area (TPSA) is 38.9 Å². The van der Waals surface area contributed by atoms with Gasteiger partial charge < -0.3 is 5.73 Å². The van der Waals surface area contributed by atoms with Crippen LogP contribution in [0, 0.1) is 0 Å². The molecule has 16 heavy (non-hydrogen) atoms. The van der Waals surface area contributed by atoms with Crippen molar-refractivity contribution in [3.63, 3.8) is 0 Å². The third-order valence-corrected chi connectivity index (χ3v) is 5.28. The Morgan fingerprint density at radius 2 is 2.25 bits per heavy atom. The third kappa shape index (κ3) is 1.52. The first-order valence-corrected chi connectivity index (χ1v) is 7.31. The SMILES string of the molecule is CCC(N)c1nc2c(s1)CCc1sccc1-2. The fraction of sp³-hybridized carbons (Fsp3) is 0.417. The summed E-state index contributed by atoms with van der Waals surface area (Å²) in [6, 6.07) is 2.30. The number of nitrogens with two attached hydrogens (primary N) is 1. The maximum absolute atomic E-state index is 6.05. The van der Waals surface area contributed by atoms with Crippen LogP contribution in [0.3, 0.4) is 0 Å². The fourth-order valence-corrected chi connectivity index (χ4v) is 4.10. The molecule has 1 atom stereocenters. The van der Waals surface area contributed by atoms with Gasteiger partial charge in [-0.25, -0.2) is 4.98 Å². The summed E-state index contributed by atoms with van der Waals surface area (Å²) in [6.45, 7) is 2.11. The standard InChI is InChI=1S/C12H14N2S2/c1-2-8(13)12-14-11-7-5-6-15-9(7)3-4-10(11)16-12/h5-6,8H,2-4,13H2,1H3. The van der Waals surface area contributed by atoms with Gasteiger partial charge in [-0.3, -0.25) is 0 Å². The lowest BCUT2D eigenvalue weighted by molar-refractivity contribution is 0.693. The number of nitrogens with zero attached hydrogens (tertiary/aromatic N) is 1. The maximum atomic E-state index is 6.05. The van der Waals surface area contributed by atoms with Crippen LogP contribution >= 0.6 is 22.7 Å². The Bertz CT molecular complexity index is 513. The first-order chi connectivity index (χ1) is 7.79. The normalized spacial score (nSPS) is 15.6. The van der Waals surface area contributed by atoms with E-state index in [1.165, 1.54) is 27.4 Å². The van der Waals surface area contributed by atoms with Crippen molar-refractivity contribution in [2.24, 2.45) is 5.73 Å². The number of hydrogen-bond acceptors (Lipinski definition) is 4. The van der Waals surface area contributed by atoms with Crippen molar-refractivity contribution in [1.29, 1.82) is 0 Å². The minimum Gasteiger partial charge on any atom is -0.322 e. The molecule has 2 heterocycles. The Morgan fingerprint density at radius 1 is 1.44 bits per heavy atom. The molecule has 0 radical (unpaired) electrons. The van der Waals surface area contributed by atoms with Gasteiger partial charge in [0.2, 0.25) is 0 Å². The highest BCUT2D eigenvalue weighted by atomic mass is 32.1. The van der Waals surface area contributed by atoms with E-state index in [0.717, 1.165) is 17.8 Å². The molecule has 3 rings (SSSR count). The molecule has 1 aliphatic rings. The summed E-state index contributed by atoms with van der Waals surface area (Å²) in [5.41, 5.74) is 8.60. The summed E-state index contributed by atoms with van der Waals surface area (Å²) >= 11 is 3.65. The van der Waals surface area contributed by atoms with Crippen molar-refractivity contribution in [3.05, 3.63) is 26.2 Å². The largest absolute Gasteiger partial charge is 0.322 e. The molecule has 1 unspecified atom stereocenters. The molecule has 2 aromatic heterocycles. The number of aromatic nitrogens is 1. The second-order valence-corrected chi connectivity index (χ2v) is 6.21. The molecule has 0 saturated heterocycles. The molecule has 2 nitrogen and oxygen atoms in total. The van der Waals surface area contributed by atoms with Crippen LogP contribution in [0.5, 0.6) is 0 Å². The van der Waals surface area contributed by atoms with Crippen LogP contribution in [0.4, 0.5) is 0 Å². The summed E-state index contributed by atoms with van der Waals surface area (Å²) in [4.78, 5) is 7.64. The second-order valence-electron chi connectivity index (χ2n) is 4.10. The number of aryl methyl sites for hydroxylation is 2. The highest BCUT2D eigenvalue weighted by molar-refractivity contribution is 7.12. The maximum Gasteiger partial charge on any atom is 0.110 e. The van der Waals surface area contributed by atoms with Crippen LogP contribution in [0.25, 0.3) is 11.3 Å². The van der Waals surface area contributed by atoms with Gasteiger partial charge >= 0.3 is 0 Å². The summed E-state index contributed by atoms with van der Waals surface area (Å²) in [5, 5.41) is 3.27. The number of hydrogen-bond donors (Lipinski definition) is 1. The van der Waals surface area contributed by atoms with Gasteiger partial charge in [0.1, 0.15) is 5.01 Å². The van der Waals surface area contributed by atoms with E-state index >= 15 is 0 Å². The average Bonchev–Trinajstić information content (AvgIpc) is 2.92. The van der Waals surface area contributed by atoms with Gasteiger partial charge in [0.25, 0.3) is 0 Å². The minimum absolute atomic E-state index is 0.109. The van der Waals surface area contributed by atoms with Crippen LogP contribution in [-0.4, -0.2) is 4.98 Å². The predicted octanol–water partition coefficient (Wildman–Crippen LogP) is 3.38. The van der Waals surface area contributed by atoms with Gasteiger partial charge in [0.15, 0.2) is 0 Å². The van der Waals surface area contributed by atoms with Crippen molar-refractivity contribution < 1.29 is 0 Å². The van der Waals surface area contributed by atoms with E-state index in [0.29, 0.717) is 0 Å². The number of fused-ring (bicyclic) bond motifs is 3. The molecule has 0 amide bonds. The van der Waals surface area contributed by atoms with Crippen molar-refractivity contribution in [2.45, 2.75) is 32.2 Å². The van der Waals surface area contributed by atoms with E-state index < -0.39 is 0 Å². The summed E-state index contributed by atoms with van der Waals surface area (Å²) < 4.78 is 0. The molecular formula is C12H14N2S2. The summed E-state index contributed by atoms with van der Waals surface area (Å²) in [6.07, 6.45) is 3.27. The van der Waals surface area contributed by atoms with Crippen LogP contribution < -0.4 is 5.73 Å². The lowest BCUT2D eigenvalue weighted by atomic mass is 10.0. The van der Waals surface area contributed by atoms with Gasteiger partial charge in [-0.2, -0.15) is 0 Å². The van der Waals surface area contributed by atoms with Gasteiger partial charge in [-0.05, 0) is 30.7 Å². The number of thiophene rings is 1. The lowest BCUT2D eigenvalue weighted by Crippen LogP contribution is -2.07. The molecule has 84 valence electrons. The third-order valence-electron chi connectivity index (χ3n) is 3.05.